The molecular formula is C32H38N2O7. The molecule has 0 heterocycles. The molecule has 0 aliphatic heterocycles. The van der Waals surface area contributed by atoms with Gasteiger partial charge in [-0.15, -0.1) is 0 Å². The van der Waals surface area contributed by atoms with E-state index in [2.05, 4.69) is 29.2 Å². The fourth-order valence-corrected chi connectivity index (χ4v) is 4.02. The standard InChI is InChI=1S/C27H29NO3.C5H9NO4/c1-22(29)26(17-18-27(30)31-21-25-15-9-4-10-16-25)28(19-23-11-5-2-6-12-23)20-24-13-7-3-8-14-24;6-3(5(9)10)1-2-4(7)8/h2-16,26H,17-21H2,1H3;3H,1-2,6H2,(H,7,8)(H,9,10)/t26-;3-/m11/s1. The number of nitrogens with zero attached hydrogens (tertiary/aromatic N) is 1. The predicted octanol–water partition coefficient (Wildman–Crippen LogP) is 4.43. The molecular weight excluding hydrogens is 524 g/mol. The van der Waals surface area contributed by atoms with Gasteiger partial charge in [-0.05, 0) is 36.5 Å². The van der Waals surface area contributed by atoms with E-state index in [9.17, 15) is 19.2 Å². The predicted molar refractivity (Wildman–Crippen MR) is 155 cm³/mol. The van der Waals surface area contributed by atoms with E-state index in [0.29, 0.717) is 19.5 Å². The highest BCUT2D eigenvalue weighted by Crippen LogP contribution is 2.18. The minimum atomic E-state index is -1.17. The summed E-state index contributed by atoms with van der Waals surface area (Å²) in [4.78, 5) is 46.9. The summed E-state index contributed by atoms with van der Waals surface area (Å²) < 4.78 is 5.41. The van der Waals surface area contributed by atoms with Gasteiger partial charge in [0.25, 0.3) is 0 Å². The summed E-state index contributed by atoms with van der Waals surface area (Å²) in [5.74, 6) is -2.42. The monoisotopic (exact) mass is 562 g/mol. The number of carbonyl (C=O) groups excluding carboxylic acids is 2. The zero-order valence-electron chi connectivity index (χ0n) is 23.2. The molecule has 3 aromatic rings. The van der Waals surface area contributed by atoms with Crippen LogP contribution in [-0.2, 0) is 43.6 Å². The van der Waals surface area contributed by atoms with Crippen molar-refractivity contribution in [2.45, 2.75) is 64.4 Å². The van der Waals surface area contributed by atoms with Crippen molar-refractivity contribution in [1.29, 1.82) is 0 Å². The molecule has 0 aliphatic carbocycles. The van der Waals surface area contributed by atoms with Crippen LogP contribution >= 0.6 is 0 Å². The third kappa shape index (κ3) is 13.5. The number of carboxylic acid groups (broad SMARTS) is 2. The smallest absolute Gasteiger partial charge is 0.320 e. The number of ketones is 1. The lowest BCUT2D eigenvalue weighted by Gasteiger charge is -2.30. The zero-order valence-corrected chi connectivity index (χ0v) is 23.2. The highest BCUT2D eigenvalue weighted by atomic mass is 16.5. The molecule has 218 valence electrons. The second-order valence-electron chi connectivity index (χ2n) is 9.56. The highest BCUT2D eigenvalue weighted by Gasteiger charge is 2.24. The number of esters is 1. The number of hydrogen-bond donors (Lipinski definition) is 3. The zero-order chi connectivity index (χ0) is 30.0. The molecule has 2 atom stereocenters. The van der Waals surface area contributed by atoms with E-state index >= 15 is 0 Å². The van der Waals surface area contributed by atoms with Gasteiger partial charge in [0.1, 0.15) is 18.4 Å². The average Bonchev–Trinajstić information content (AvgIpc) is 2.96. The Hall–Kier alpha value is -4.34. The van der Waals surface area contributed by atoms with Crippen LogP contribution in [0.4, 0.5) is 0 Å². The van der Waals surface area contributed by atoms with Crippen LogP contribution in [0.1, 0.15) is 49.3 Å². The molecule has 0 saturated carbocycles. The van der Waals surface area contributed by atoms with Gasteiger partial charge in [0.05, 0.1) is 6.04 Å². The van der Waals surface area contributed by atoms with E-state index in [1.54, 1.807) is 6.92 Å². The minimum absolute atomic E-state index is 0.0231. The van der Waals surface area contributed by atoms with Gasteiger partial charge in [0.2, 0.25) is 0 Å². The number of rotatable bonds is 15. The quantitative estimate of drug-likeness (QED) is 0.229. The molecule has 9 heteroatoms. The summed E-state index contributed by atoms with van der Waals surface area (Å²) >= 11 is 0. The SMILES string of the molecule is CC(=O)[C@@H](CCC(=O)OCc1ccccc1)N(Cc1ccccc1)Cc1ccccc1.N[C@H](CCC(=O)O)C(=O)O. The lowest BCUT2D eigenvalue weighted by Crippen LogP contribution is -2.39. The van der Waals surface area contributed by atoms with Crippen LogP contribution in [0, 0.1) is 0 Å². The first-order valence-corrected chi connectivity index (χ1v) is 13.4. The maximum absolute atomic E-state index is 12.6. The van der Waals surface area contributed by atoms with Crippen molar-refractivity contribution >= 4 is 23.7 Å². The van der Waals surface area contributed by atoms with Crippen LogP contribution in [0.2, 0.25) is 0 Å². The molecule has 0 fully saturated rings. The third-order valence-electron chi connectivity index (χ3n) is 6.22. The van der Waals surface area contributed by atoms with Crippen LogP contribution in [-0.4, -0.2) is 50.9 Å². The van der Waals surface area contributed by atoms with Gasteiger partial charge in [-0.1, -0.05) is 91.0 Å². The first kappa shape index (κ1) is 32.9. The van der Waals surface area contributed by atoms with Crippen molar-refractivity contribution in [2.24, 2.45) is 5.73 Å². The Kier molecular flexibility index (Phi) is 14.5. The normalized spacial score (nSPS) is 12.0. The van der Waals surface area contributed by atoms with Crippen molar-refractivity contribution < 1.29 is 34.1 Å². The number of aliphatic carboxylic acids is 2. The molecule has 0 amide bonds. The van der Waals surface area contributed by atoms with Gasteiger partial charge < -0.3 is 20.7 Å². The van der Waals surface area contributed by atoms with E-state index in [0.717, 1.165) is 16.7 Å². The summed E-state index contributed by atoms with van der Waals surface area (Å²) in [6.45, 7) is 3.13. The molecule has 9 nitrogen and oxygen atoms in total. The molecule has 3 aromatic carbocycles. The van der Waals surface area contributed by atoms with Crippen LogP contribution < -0.4 is 5.73 Å². The van der Waals surface area contributed by atoms with Crippen molar-refractivity contribution in [3.63, 3.8) is 0 Å². The second-order valence-corrected chi connectivity index (χ2v) is 9.56. The largest absolute Gasteiger partial charge is 0.481 e. The van der Waals surface area contributed by atoms with E-state index in [1.807, 2.05) is 66.7 Å². The molecule has 41 heavy (non-hydrogen) atoms. The number of ether oxygens (including phenoxy) is 1. The van der Waals surface area contributed by atoms with Gasteiger partial charge in [-0.2, -0.15) is 0 Å². The fourth-order valence-electron chi connectivity index (χ4n) is 4.02. The summed E-state index contributed by atoms with van der Waals surface area (Å²) in [5, 5.41) is 16.3. The maximum Gasteiger partial charge on any atom is 0.320 e. The molecule has 3 rings (SSSR count). The van der Waals surface area contributed by atoms with Gasteiger partial charge in [0.15, 0.2) is 0 Å². The lowest BCUT2D eigenvalue weighted by molar-refractivity contribution is -0.145. The number of Topliss-reactive ketones (excluding diaryl/α,β-unsaturated/α-hetero) is 1. The van der Waals surface area contributed by atoms with Crippen LogP contribution in [0.25, 0.3) is 0 Å². The Morgan fingerprint density at radius 3 is 1.61 bits per heavy atom. The summed E-state index contributed by atoms with van der Waals surface area (Å²) in [5.41, 5.74) is 8.23. The Bertz CT molecular complexity index is 1180. The van der Waals surface area contributed by atoms with E-state index in [1.165, 1.54) is 0 Å². The van der Waals surface area contributed by atoms with Gasteiger partial charge in [0, 0.05) is 25.9 Å². The summed E-state index contributed by atoms with van der Waals surface area (Å²) in [6, 6.07) is 28.4. The Morgan fingerprint density at radius 1 is 0.732 bits per heavy atom. The number of carbonyl (C=O) groups is 4. The minimum Gasteiger partial charge on any atom is -0.481 e. The third-order valence-corrected chi connectivity index (χ3v) is 6.22. The van der Waals surface area contributed by atoms with E-state index < -0.39 is 18.0 Å². The number of benzene rings is 3. The highest BCUT2D eigenvalue weighted by molar-refractivity contribution is 5.82. The van der Waals surface area contributed by atoms with Crippen molar-refractivity contribution in [2.75, 3.05) is 0 Å². The van der Waals surface area contributed by atoms with Crippen LogP contribution in [0.3, 0.4) is 0 Å². The van der Waals surface area contributed by atoms with Gasteiger partial charge >= 0.3 is 17.9 Å². The summed E-state index contributed by atoms with van der Waals surface area (Å²) in [6.07, 6.45) is 0.415. The van der Waals surface area contributed by atoms with Gasteiger partial charge in [-0.3, -0.25) is 24.1 Å². The molecule has 0 unspecified atom stereocenters. The van der Waals surface area contributed by atoms with Crippen molar-refractivity contribution in [3.05, 3.63) is 108 Å². The van der Waals surface area contributed by atoms with E-state index in [-0.39, 0.29) is 43.7 Å². The average molecular weight is 563 g/mol. The first-order valence-electron chi connectivity index (χ1n) is 13.4. The van der Waals surface area contributed by atoms with Crippen LogP contribution in [0.15, 0.2) is 91.0 Å². The Morgan fingerprint density at radius 2 is 1.20 bits per heavy atom. The number of nitrogens with two attached hydrogens (primary N) is 1. The van der Waals surface area contributed by atoms with Crippen LogP contribution in [0.5, 0.6) is 0 Å². The lowest BCUT2D eigenvalue weighted by atomic mass is 10.0. The molecule has 0 spiro atoms. The molecule has 0 bridgehead atoms. The topological polar surface area (TPSA) is 147 Å². The maximum atomic E-state index is 12.6. The molecule has 0 aromatic heterocycles. The van der Waals surface area contributed by atoms with Crippen molar-refractivity contribution in [3.8, 4) is 0 Å². The number of hydrogen-bond acceptors (Lipinski definition) is 7. The Labute approximate surface area is 240 Å². The molecule has 0 radical (unpaired) electrons. The molecule has 0 saturated heterocycles. The van der Waals surface area contributed by atoms with E-state index in [4.69, 9.17) is 20.7 Å². The van der Waals surface area contributed by atoms with Crippen molar-refractivity contribution in [1.82, 2.24) is 4.90 Å². The number of carboxylic acids is 2. The summed E-state index contributed by atoms with van der Waals surface area (Å²) in [7, 11) is 0. The van der Waals surface area contributed by atoms with Gasteiger partial charge in [-0.25, -0.2) is 0 Å². The molecule has 4 N–H and O–H groups in total. The second kappa shape index (κ2) is 18.1. The Balaban J connectivity index is 0.000000503. The first-order chi connectivity index (χ1) is 19.7. The fraction of sp³-hybridized carbons (Fsp3) is 0.312. The molecule has 0 aliphatic rings.